The van der Waals surface area contributed by atoms with Gasteiger partial charge in [0.25, 0.3) is 0 Å². The molecule has 4 aromatic rings. The minimum atomic E-state index is 0.249. The van der Waals surface area contributed by atoms with Gasteiger partial charge >= 0.3 is 0 Å². The van der Waals surface area contributed by atoms with E-state index in [0.717, 1.165) is 33.8 Å². The highest BCUT2D eigenvalue weighted by Gasteiger charge is 2.10. The molecule has 1 atom stereocenters. The monoisotopic (exact) mass is 348 g/mol. The fourth-order valence-electron chi connectivity index (χ4n) is 2.88. The van der Waals surface area contributed by atoms with Crippen molar-refractivity contribution >= 4 is 22.3 Å². The van der Waals surface area contributed by atoms with E-state index in [-0.39, 0.29) is 6.04 Å². The maximum Gasteiger partial charge on any atom is 0.135 e. The molecule has 1 N–H and O–H groups in total. The minimum Gasteiger partial charge on any atom is -0.456 e. The molecule has 0 spiro atoms. The number of nitrogens with zero attached hydrogens (tertiary/aromatic N) is 1. The van der Waals surface area contributed by atoms with Gasteiger partial charge in [-0.05, 0) is 37.6 Å². The largest absolute Gasteiger partial charge is 0.456 e. The van der Waals surface area contributed by atoms with Gasteiger partial charge in [-0.1, -0.05) is 36.4 Å². The first-order chi connectivity index (χ1) is 12.2. The standard InChI is InChI=1S/C21H20N2OS/c1-14-12-23-21(25-14)15(2)22-13-16-8-9-19-18(10-16)11-20(24-19)17-6-4-3-5-7-17/h3-12,15,22H,13H2,1-2H3. The van der Waals surface area contributed by atoms with E-state index in [9.17, 15) is 0 Å². The molecule has 0 saturated heterocycles. The lowest BCUT2D eigenvalue weighted by atomic mass is 10.1. The van der Waals surface area contributed by atoms with Crippen LogP contribution in [-0.2, 0) is 6.54 Å². The first-order valence-electron chi connectivity index (χ1n) is 8.42. The Morgan fingerprint density at radius 2 is 1.96 bits per heavy atom. The number of furan rings is 1. The van der Waals surface area contributed by atoms with Crippen molar-refractivity contribution in [1.29, 1.82) is 0 Å². The topological polar surface area (TPSA) is 38.1 Å². The quantitative estimate of drug-likeness (QED) is 0.501. The Bertz CT molecular complexity index is 987. The molecular formula is C21H20N2OS. The van der Waals surface area contributed by atoms with Crippen LogP contribution in [0.15, 0.2) is 65.2 Å². The molecule has 0 saturated carbocycles. The van der Waals surface area contributed by atoms with E-state index in [4.69, 9.17) is 4.42 Å². The highest BCUT2D eigenvalue weighted by atomic mass is 32.1. The van der Waals surface area contributed by atoms with Crippen molar-refractivity contribution in [3.05, 3.63) is 76.2 Å². The Hall–Kier alpha value is -2.43. The molecule has 0 aliphatic rings. The first kappa shape index (κ1) is 16.1. The predicted molar refractivity (Wildman–Crippen MR) is 104 cm³/mol. The number of thiazole rings is 1. The number of hydrogen-bond donors (Lipinski definition) is 1. The third kappa shape index (κ3) is 3.50. The van der Waals surface area contributed by atoms with Crippen molar-refractivity contribution in [1.82, 2.24) is 10.3 Å². The van der Waals surface area contributed by atoms with Gasteiger partial charge in [-0.2, -0.15) is 0 Å². The molecule has 25 heavy (non-hydrogen) atoms. The minimum absolute atomic E-state index is 0.249. The molecule has 3 nitrogen and oxygen atoms in total. The van der Waals surface area contributed by atoms with Crippen LogP contribution < -0.4 is 5.32 Å². The summed E-state index contributed by atoms with van der Waals surface area (Å²) in [6.45, 7) is 5.05. The molecule has 4 rings (SSSR count). The summed E-state index contributed by atoms with van der Waals surface area (Å²) in [5.41, 5.74) is 3.27. The zero-order valence-corrected chi connectivity index (χ0v) is 15.1. The van der Waals surface area contributed by atoms with Gasteiger partial charge in [0.2, 0.25) is 0 Å². The summed E-state index contributed by atoms with van der Waals surface area (Å²) in [4.78, 5) is 5.70. The van der Waals surface area contributed by atoms with Gasteiger partial charge in [0.1, 0.15) is 16.4 Å². The summed E-state index contributed by atoms with van der Waals surface area (Å²) >= 11 is 1.75. The van der Waals surface area contributed by atoms with Crippen LogP contribution in [0.1, 0.15) is 28.4 Å². The van der Waals surface area contributed by atoms with Gasteiger partial charge in [0.05, 0.1) is 6.04 Å². The number of benzene rings is 2. The first-order valence-corrected chi connectivity index (χ1v) is 9.24. The van der Waals surface area contributed by atoms with Crippen molar-refractivity contribution < 1.29 is 4.42 Å². The summed E-state index contributed by atoms with van der Waals surface area (Å²) in [6.07, 6.45) is 1.93. The number of aryl methyl sites for hydroxylation is 1. The summed E-state index contributed by atoms with van der Waals surface area (Å²) in [6, 6.07) is 18.9. The third-order valence-electron chi connectivity index (χ3n) is 4.26. The molecule has 0 radical (unpaired) electrons. The van der Waals surface area contributed by atoms with Crippen LogP contribution in [0.5, 0.6) is 0 Å². The van der Waals surface area contributed by atoms with Crippen LogP contribution >= 0.6 is 11.3 Å². The van der Waals surface area contributed by atoms with Crippen molar-refractivity contribution in [3.8, 4) is 11.3 Å². The second-order valence-corrected chi connectivity index (χ2v) is 7.53. The van der Waals surface area contributed by atoms with Gasteiger partial charge in [-0.15, -0.1) is 11.3 Å². The summed E-state index contributed by atoms with van der Waals surface area (Å²) in [5.74, 6) is 0.910. The van der Waals surface area contributed by atoms with Gasteiger partial charge in [-0.25, -0.2) is 4.98 Å². The lowest BCUT2D eigenvalue weighted by molar-refractivity contribution is 0.572. The zero-order chi connectivity index (χ0) is 17.2. The maximum atomic E-state index is 5.98. The van der Waals surface area contributed by atoms with Crippen LogP contribution in [0, 0.1) is 6.92 Å². The Morgan fingerprint density at radius 3 is 2.72 bits per heavy atom. The molecule has 4 heteroatoms. The molecular weight excluding hydrogens is 328 g/mol. The normalized spacial score (nSPS) is 12.6. The molecule has 0 aliphatic carbocycles. The fraction of sp³-hybridized carbons (Fsp3) is 0.190. The molecule has 1 unspecified atom stereocenters. The van der Waals surface area contributed by atoms with Crippen LogP contribution in [0.3, 0.4) is 0 Å². The second kappa shape index (κ2) is 6.82. The van der Waals surface area contributed by atoms with E-state index in [1.165, 1.54) is 10.4 Å². The fourth-order valence-corrected chi connectivity index (χ4v) is 3.68. The molecule has 2 aromatic carbocycles. The number of rotatable bonds is 5. The Kier molecular flexibility index (Phi) is 4.38. The molecule has 2 heterocycles. The molecule has 0 aliphatic heterocycles. The molecule has 0 amide bonds. The van der Waals surface area contributed by atoms with Crippen molar-refractivity contribution in [2.75, 3.05) is 0 Å². The average molecular weight is 348 g/mol. The smallest absolute Gasteiger partial charge is 0.135 e. The molecule has 0 bridgehead atoms. The van der Waals surface area contributed by atoms with Crippen LogP contribution in [0.4, 0.5) is 0 Å². The average Bonchev–Trinajstić information content (AvgIpc) is 3.26. The van der Waals surface area contributed by atoms with Crippen molar-refractivity contribution in [2.45, 2.75) is 26.4 Å². The number of aromatic nitrogens is 1. The zero-order valence-electron chi connectivity index (χ0n) is 14.3. The molecule has 126 valence electrons. The summed E-state index contributed by atoms with van der Waals surface area (Å²) < 4.78 is 5.98. The number of hydrogen-bond acceptors (Lipinski definition) is 4. The van der Waals surface area contributed by atoms with Crippen LogP contribution in [-0.4, -0.2) is 4.98 Å². The number of nitrogens with one attached hydrogen (secondary N) is 1. The van der Waals surface area contributed by atoms with Gasteiger partial charge in [0.15, 0.2) is 0 Å². The molecule has 2 aromatic heterocycles. The van der Waals surface area contributed by atoms with Crippen molar-refractivity contribution in [3.63, 3.8) is 0 Å². The second-order valence-electron chi connectivity index (χ2n) is 6.26. The van der Waals surface area contributed by atoms with E-state index in [0.29, 0.717) is 0 Å². The lowest BCUT2D eigenvalue weighted by Gasteiger charge is -2.11. The van der Waals surface area contributed by atoms with E-state index in [1.807, 2.05) is 24.4 Å². The number of fused-ring (bicyclic) bond motifs is 1. The van der Waals surface area contributed by atoms with Gasteiger partial charge < -0.3 is 9.73 Å². The van der Waals surface area contributed by atoms with Crippen LogP contribution in [0.2, 0.25) is 0 Å². The van der Waals surface area contributed by atoms with E-state index < -0.39 is 0 Å². The predicted octanol–water partition coefficient (Wildman–Crippen LogP) is 5.72. The van der Waals surface area contributed by atoms with Crippen LogP contribution in [0.25, 0.3) is 22.3 Å². The Labute approximate surface area is 151 Å². The third-order valence-corrected chi connectivity index (χ3v) is 5.36. The Morgan fingerprint density at radius 1 is 1.12 bits per heavy atom. The van der Waals surface area contributed by atoms with Crippen molar-refractivity contribution in [2.24, 2.45) is 0 Å². The summed E-state index contributed by atoms with van der Waals surface area (Å²) in [5, 5.41) is 5.82. The maximum absolute atomic E-state index is 5.98. The van der Waals surface area contributed by atoms with E-state index >= 15 is 0 Å². The highest BCUT2D eigenvalue weighted by Crippen LogP contribution is 2.28. The SMILES string of the molecule is Cc1cnc(C(C)NCc2ccc3oc(-c4ccccc4)cc3c2)s1. The van der Waals surface area contributed by atoms with E-state index in [2.05, 4.69) is 60.5 Å². The summed E-state index contributed by atoms with van der Waals surface area (Å²) in [7, 11) is 0. The van der Waals surface area contributed by atoms with Gasteiger partial charge in [-0.3, -0.25) is 0 Å². The van der Waals surface area contributed by atoms with Gasteiger partial charge in [0, 0.05) is 28.6 Å². The Balaban J connectivity index is 1.51. The lowest BCUT2D eigenvalue weighted by Crippen LogP contribution is -2.17. The molecule has 0 fully saturated rings. The van der Waals surface area contributed by atoms with E-state index in [1.54, 1.807) is 11.3 Å². The highest BCUT2D eigenvalue weighted by molar-refractivity contribution is 7.11.